The monoisotopic (exact) mass is 232 g/mol. The summed E-state index contributed by atoms with van der Waals surface area (Å²) in [4.78, 5) is 10.9. The molecule has 4 nitrogen and oxygen atoms in total. The summed E-state index contributed by atoms with van der Waals surface area (Å²) in [7, 11) is 0. The average molecular weight is 233 g/mol. The zero-order chi connectivity index (χ0) is 12.1. The molecule has 5 heteroatoms. The molecule has 0 bridgehead atoms. The molecule has 1 rings (SSSR count). The third kappa shape index (κ3) is 2.38. The summed E-state index contributed by atoms with van der Waals surface area (Å²) in [5.74, 6) is -1.16. The lowest BCUT2D eigenvalue weighted by molar-refractivity contribution is 0.0696. The Hall–Kier alpha value is -2.30. The van der Waals surface area contributed by atoms with Crippen LogP contribution in [-0.2, 0) is 0 Å². The van der Waals surface area contributed by atoms with E-state index < -0.39 is 5.97 Å². The van der Waals surface area contributed by atoms with Crippen molar-refractivity contribution in [1.82, 2.24) is 0 Å². The molecule has 0 saturated carbocycles. The molecule has 0 aromatic heterocycles. The van der Waals surface area contributed by atoms with Crippen molar-refractivity contribution in [3.8, 4) is 12.1 Å². The maximum atomic E-state index is 10.9. The Morgan fingerprint density at radius 2 is 2.00 bits per heavy atom. The van der Waals surface area contributed by atoms with Crippen molar-refractivity contribution >= 4 is 23.6 Å². The van der Waals surface area contributed by atoms with E-state index in [2.05, 4.69) is 0 Å². The van der Waals surface area contributed by atoms with Gasteiger partial charge < -0.3 is 5.11 Å². The second-order valence-corrected chi connectivity index (χ2v) is 3.20. The molecule has 1 aromatic carbocycles. The lowest BCUT2D eigenvalue weighted by Gasteiger charge is -2.02. The number of carbonyl (C=O) groups is 1. The minimum Gasteiger partial charge on any atom is -0.478 e. The first-order valence-corrected chi connectivity index (χ1v) is 4.51. The Morgan fingerprint density at radius 3 is 2.50 bits per heavy atom. The predicted octanol–water partition coefficient (Wildman–Crippen LogP) is 2.47. The topological polar surface area (TPSA) is 84.9 Å². The molecule has 0 atom stereocenters. The molecule has 78 valence electrons. The normalized spacial score (nSPS) is 8.69. The number of nitriles is 2. The summed E-state index contributed by atoms with van der Waals surface area (Å²) < 4.78 is 0. The zero-order valence-corrected chi connectivity index (χ0v) is 8.69. The first kappa shape index (κ1) is 11.8. The summed E-state index contributed by atoms with van der Waals surface area (Å²) >= 11 is 5.80. The van der Waals surface area contributed by atoms with Gasteiger partial charge >= 0.3 is 5.97 Å². The van der Waals surface area contributed by atoms with Gasteiger partial charge in [0.25, 0.3) is 0 Å². The van der Waals surface area contributed by atoms with Gasteiger partial charge in [-0.3, -0.25) is 0 Å². The van der Waals surface area contributed by atoms with Crippen molar-refractivity contribution in [2.75, 3.05) is 0 Å². The second-order valence-electron chi connectivity index (χ2n) is 2.79. The van der Waals surface area contributed by atoms with Gasteiger partial charge in [-0.2, -0.15) is 10.5 Å². The number of allylic oxidation sites excluding steroid dienone is 1. The first-order chi connectivity index (χ1) is 7.60. The number of nitrogens with zero attached hydrogens (tertiary/aromatic N) is 2. The smallest absolute Gasteiger partial charge is 0.336 e. The number of rotatable bonds is 2. The van der Waals surface area contributed by atoms with E-state index in [1.165, 1.54) is 18.2 Å². The molecule has 1 N–H and O–H groups in total. The molecule has 16 heavy (non-hydrogen) atoms. The summed E-state index contributed by atoms with van der Waals surface area (Å²) in [5.41, 5.74) is -0.0825. The van der Waals surface area contributed by atoms with E-state index >= 15 is 0 Å². The molecule has 0 spiro atoms. The molecule has 0 saturated heterocycles. The fourth-order valence-electron chi connectivity index (χ4n) is 1.10. The van der Waals surface area contributed by atoms with Gasteiger partial charge in [0, 0.05) is 10.6 Å². The predicted molar refractivity (Wildman–Crippen MR) is 57.6 cm³/mol. The highest BCUT2D eigenvalue weighted by Crippen LogP contribution is 2.22. The van der Waals surface area contributed by atoms with Crippen molar-refractivity contribution in [2.24, 2.45) is 0 Å². The van der Waals surface area contributed by atoms with Crippen LogP contribution in [0.1, 0.15) is 15.9 Å². The molecular formula is C11H5ClN2O2. The van der Waals surface area contributed by atoms with Crippen molar-refractivity contribution in [2.45, 2.75) is 0 Å². The van der Waals surface area contributed by atoms with Gasteiger partial charge in [0.15, 0.2) is 0 Å². The highest BCUT2D eigenvalue weighted by atomic mass is 35.5. The standard InChI is InChI=1S/C11H5ClN2O2/c12-10-3-1-2-8(11(15)16)9(10)4-7(5-13)6-14/h1-4H,(H,15,16). The number of halogens is 1. The van der Waals surface area contributed by atoms with E-state index in [0.29, 0.717) is 0 Å². The van der Waals surface area contributed by atoms with E-state index in [-0.39, 0.29) is 21.7 Å². The van der Waals surface area contributed by atoms with Gasteiger partial charge in [-0.15, -0.1) is 0 Å². The highest BCUT2D eigenvalue weighted by Gasteiger charge is 2.11. The van der Waals surface area contributed by atoms with Gasteiger partial charge in [-0.1, -0.05) is 17.7 Å². The Bertz CT molecular complexity index is 534. The van der Waals surface area contributed by atoms with Crippen LogP contribution in [0.5, 0.6) is 0 Å². The summed E-state index contributed by atoms with van der Waals surface area (Å²) in [6.45, 7) is 0. The van der Waals surface area contributed by atoms with Gasteiger partial charge in [0.2, 0.25) is 0 Å². The van der Waals surface area contributed by atoms with Crippen LogP contribution in [0.25, 0.3) is 6.08 Å². The molecule has 0 radical (unpaired) electrons. The van der Waals surface area contributed by atoms with Crippen LogP contribution >= 0.6 is 11.6 Å². The van der Waals surface area contributed by atoms with Gasteiger partial charge in [-0.25, -0.2) is 4.79 Å². The maximum absolute atomic E-state index is 10.9. The lowest BCUT2D eigenvalue weighted by atomic mass is 10.1. The van der Waals surface area contributed by atoms with Gasteiger partial charge in [0.05, 0.1) is 5.56 Å². The van der Waals surface area contributed by atoms with Crippen molar-refractivity contribution < 1.29 is 9.90 Å². The second kappa shape index (κ2) is 4.97. The maximum Gasteiger partial charge on any atom is 0.336 e. The summed E-state index contributed by atoms with van der Waals surface area (Å²) in [6, 6.07) is 7.62. The van der Waals surface area contributed by atoms with Crippen LogP contribution in [0.15, 0.2) is 23.8 Å². The lowest BCUT2D eigenvalue weighted by Crippen LogP contribution is -2.00. The number of hydrogen-bond donors (Lipinski definition) is 1. The van der Waals surface area contributed by atoms with Crippen LogP contribution in [-0.4, -0.2) is 11.1 Å². The fourth-order valence-corrected chi connectivity index (χ4v) is 1.33. The van der Waals surface area contributed by atoms with Gasteiger partial charge in [-0.05, 0) is 18.2 Å². The van der Waals surface area contributed by atoms with E-state index in [1.54, 1.807) is 12.1 Å². The largest absolute Gasteiger partial charge is 0.478 e. The average Bonchev–Trinajstić information content (AvgIpc) is 2.27. The number of carboxylic acids is 1. The third-order valence-electron chi connectivity index (χ3n) is 1.81. The fraction of sp³-hybridized carbons (Fsp3) is 0. The number of hydrogen-bond acceptors (Lipinski definition) is 3. The van der Waals surface area contributed by atoms with E-state index in [4.69, 9.17) is 27.2 Å². The minimum absolute atomic E-state index is 0.0458. The molecule has 1 aromatic rings. The van der Waals surface area contributed by atoms with E-state index in [0.717, 1.165) is 6.08 Å². The molecule has 0 heterocycles. The van der Waals surface area contributed by atoms with Crippen LogP contribution in [0.3, 0.4) is 0 Å². The van der Waals surface area contributed by atoms with Crippen LogP contribution < -0.4 is 0 Å². The Balaban J connectivity index is 3.45. The number of benzene rings is 1. The molecule has 0 unspecified atom stereocenters. The third-order valence-corrected chi connectivity index (χ3v) is 2.14. The highest BCUT2D eigenvalue weighted by molar-refractivity contribution is 6.32. The quantitative estimate of drug-likeness (QED) is 0.794. The molecule has 0 aliphatic rings. The van der Waals surface area contributed by atoms with E-state index in [9.17, 15) is 4.79 Å². The molecule has 0 aliphatic heterocycles. The SMILES string of the molecule is N#CC(C#N)=Cc1c(Cl)cccc1C(=O)O. The summed E-state index contributed by atoms with van der Waals surface area (Å²) in [5, 5.41) is 26.2. The van der Waals surface area contributed by atoms with Crippen molar-refractivity contribution in [3.63, 3.8) is 0 Å². The Kier molecular flexibility index (Phi) is 3.66. The van der Waals surface area contributed by atoms with E-state index in [1.807, 2.05) is 0 Å². The molecule has 0 aliphatic carbocycles. The van der Waals surface area contributed by atoms with Crippen LogP contribution in [0.2, 0.25) is 5.02 Å². The number of aromatic carboxylic acids is 1. The Labute approximate surface area is 96.6 Å². The zero-order valence-electron chi connectivity index (χ0n) is 7.94. The molecule has 0 amide bonds. The van der Waals surface area contributed by atoms with Gasteiger partial charge in [0.1, 0.15) is 17.7 Å². The number of carboxylic acid groups (broad SMARTS) is 1. The molecular weight excluding hydrogens is 228 g/mol. The van der Waals surface area contributed by atoms with Crippen LogP contribution in [0, 0.1) is 22.7 Å². The molecule has 0 fully saturated rings. The first-order valence-electron chi connectivity index (χ1n) is 4.14. The summed E-state index contributed by atoms with van der Waals surface area (Å²) in [6.07, 6.45) is 1.16. The van der Waals surface area contributed by atoms with Crippen molar-refractivity contribution in [1.29, 1.82) is 10.5 Å². The Morgan fingerprint density at radius 1 is 1.38 bits per heavy atom. The minimum atomic E-state index is -1.16. The van der Waals surface area contributed by atoms with Crippen LogP contribution in [0.4, 0.5) is 0 Å². The van der Waals surface area contributed by atoms with Crippen molar-refractivity contribution in [3.05, 3.63) is 39.9 Å².